The third kappa shape index (κ3) is 5.53. The van der Waals surface area contributed by atoms with Crippen LogP contribution in [0.25, 0.3) is 10.9 Å². The molecule has 0 bridgehead atoms. The molecule has 7 nitrogen and oxygen atoms in total. The van der Waals surface area contributed by atoms with E-state index < -0.39 is 5.91 Å². The smallest absolute Gasteiger partial charge is 0.252 e. The van der Waals surface area contributed by atoms with Crippen molar-refractivity contribution in [2.24, 2.45) is 5.73 Å². The van der Waals surface area contributed by atoms with Crippen molar-refractivity contribution in [3.63, 3.8) is 0 Å². The molecule has 1 aromatic heterocycles. The van der Waals surface area contributed by atoms with Gasteiger partial charge in [0.2, 0.25) is 0 Å². The number of anilines is 2. The molecule has 0 radical (unpaired) electrons. The number of nitrogens with two attached hydrogens (primary N) is 1. The van der Waals surface area contributed by atoms with Gasteiger partial charge in [0.25, 0.3) is 11.8 Å². The number of fused-ring (bicyclic) bond motifs is 1. The molecule has 5 rings (SSSR count). The summed E-state index contributed by atoms with van der Waals surface area (Å²) in [7, 11) is 0. The van der Waals surface area contributed by atoms with E-state index in [1.165, 1.54) is 5.56 Å². The number of carbonyl (C=O) groups is 2. The van der Waals surface area contributed by atoms with E-state index in [0.717, 1.165) is 43.4 Å². The number of para-hydroxylation sites is 1. The number of nitrogens with one attached hydrogen (secondary N) is 2. The van der Waals surface area contributed by atoms with Crippen molar-refractivity contribution in [2.45, 2.75) is 25.4 Å². The first-order chi connectivity index (χ1) is 17.5. The summed E-state index contributed by atoms with van der Waals surface area (Å²) < 4.78 is 0. The molecule has 0 unspecified atom stereocenters. The van der Waals surface area contributed by atoms with Gasteiger partial charge in [0.1, 0.15) is 5.82 Å². The Morgan fingerprint density at radius 1 is 0.917 bits per heavy atom. The number of nitrogens with zero attached hydrogens (tertiary/aromatic N) is 2. The lowest BCUT2D eigenvalue weighted by Crippen LogP contribution is -2.44. The summed E-state index contributed by atoms with van der Waals surface area (Å²) in [5.74, 6) is -0.244. The number of pyridine rings is 1. The lowest BCUT2D eigenvalue weighted by atomic mass is 10.0. The Morgan fingerprint density at radius 2 is 1.61 bits per heavy atom. The molecule has 4 N–H and O–H groups in total. The molecule has 0 spiro atoms. The van der Waals surface area contributed by atoms with Crippen molar-refractivity contribution in [3.05, 3.63) is 102 Å². The van der Waals surface area contributed by atoms with E-state index >= 15 is 0 Å². The summed E-state index contributed by atoms with van der Waals surface area (Å²) in [6.07, 6.45) is 1.86. The Labute approximate surface area is 210 Å². The molecule has 4 aromatic rings. The van der Waals surface area contributed by atoms with Gasteiger partial charge in [-0.25, -0.2) is 4.98 Å². The third-order valence-electron chi connectivity index (χ3n) is 6.57. The summed E-state index contributed by atoms with van der Waals surface area (Å²) in [5, 5.41) is 7.18. The number of carbonyl (C=O) groups excluding carboxylic acids is 2. The molecule has 2 amide bonds. The number of hydrogen-bond donors (Lipinski definition) is 3. The average molecular weight is 480 g/mol. The van der Waals surface area contributed by atoms with Crippen LogP contribution in [-0.2, 0) is 6.54 Å². The standard InChI is InChI=1S/C29H29N5O2/c30-27(35)25-18-22-8-4-5-9-26(22)33-28(25)31-23-12-10-21(11-13-23)29(36)32-24-14-16-34(17-15-24)19-20-6-2-1-3-7-20/h1-13,18,24H,14-17,19H2,(H2,30,35)(H,31,33)(H,32,36). The fourth-order valence-corrected chi connectivity index (χ4v) is 4.59. The summed E-state index contributed by atoms with van der Waals surface area (Å²) in [6.45, 7) is 2.87. The summed E-state index contributed by atoms with van der Waals surface area (Å²) in [6, 6.07) is 27.1. The van der Waals surface area contributed by atoms with Crippen molar-refractivity contribution < 1.29 is 9.59 Å². The number of rotatable bonds is 7. The van der Waals surface area contributed by atoms with Gasteiger partial charge in [-0.3, -0.25) is 14.5 Å². The molecule has 182 valence electrons. The Kier molecular flexibility index (Phi) is 6.91. The maximum absolute atomic E-state index is 12.8. The minimum Gasteiger partial charge on any atom is -0.365 e. The van der Waals surface area contributed by atoms with Crippen LogP contribution in [0.4, 0.5) is 11.5 Å². The number of likely N-dealkylation sites (tertiary alicyclic amines) is 1. The number of benzene rings is 3. The first-order valence-electron chi connectivity index (χ1n) is 12.2. The second kappa shape index (κ2) is 10.6. The van der Waals surface area contributed by atoms with Gasteiger partial charge < -0.3 is 16.4 Å². The van der Waals surface area contributed by atoms with Crippen molar-refractivity contribution in [1.29, 1.82) is 0 Å². The first-order valence-corrected chi connectivity index (χ1v) is 12.2. The molecular formula is C29H29N5O2. The molecule has 0 saturated carbocycles. The number of piperidine rings is 1. The molecule has 1 aliphatic rings. The SMILES string of the molecule is NC(=O)c1cc2ccccc2nc1Nc1ccc(C(=O)NC2CCN(Cc3ccccc3)CC2)cc1. The molecule has 0 aliphatic carbocycles. The van der Waals surface area contributed by atoms with E-state index in [2.05, 4.69) is 44.8 Å². The van der Waals surface area contributed by atoms with Crippen LogP contribution in [0, 0.1) is 0 Å². The van der Waals surface area contributed by atoms with E-state index in [4.69, 9.17) is 5.73 Å². The number of aromatic nitrogens is 1. The second-order valence-corrected chi connectivity index (χ2v) is 9.15. The highest BCUT2D eigenvalue weighted by Crippen LogP contribution is 2.24. The maximum Gasteiger partial charge on any atom is 0.252 e. The van der Waals surface area contributed by atoms with Crippen LogP contribution in [0.2, 0.25) is 0 Å². The van der Waals surface area contributed by atoms with Crippen molar-refractivity contribution in [2.75, 3.05) is 18.4 Å². The fourth-order valence-electron chi connectivity index (χ4n) is 4.59. The Morgan fingerprint density at radius 3 is 2.33 bits per heavy atom. The Bertz CT molecular complexity index is 1360. The van der Waals surface area contributed by atoms with Crippen LogP contribution < -0.4 is 16.4 Å². The molecule has 1 fully saturated rings. The zero-order valence-electron chi connectivity index (χ0n) is 20.0. The summed E-state index contributed by atoms with van der Waals surface area (Å²) in [5.41, 5.74) is 9.28. The highest BCUT2D eigenvalue weighted by Gasteiger charge is 2.21. The molecule has 1 saturated heterocycles. The minimum absolute atomic E-state index is 0.0790. The monoisotopic (exact) mass is 479 g/mol. The van der Waals surface area contributed by atoms with Crippen LogP contribution in [0.1, 0.15) is 39.1 Å². The van der Waals surface area contributed by atoms with Gasteiger partial charge in [0.15, 0.2) is 0 Å². The predicted octanol–water partition coefficient (Wildman–Crippen LogP) is 4.47. The van der Waals surface area contributed by atoms with Gasteiger partial charge >= 0.3 is 0 Å². The van der Waals surface area contributed by atoms with Gasteiger partial charge in [0, 0.05) is 42.3 Å². The van der Waals surface area contributed by atoms with Gasteiger partial charge in [-0.05, 0) is 54.8 Å². The largest absolute Gasteiger partial charge is 0.365 e. The van der Waals surface area contributed by atoms with Crippen molar-refractivity contribution in [1.82, 2.24) is 15.2 Å². The van der Waals surface area contributed by atoms with E-state index in [1.807, 2.05) is 30.3 Å². The zero-order valence-corrected chi connectivity index (χ0v) is 20.0. The highest BCUT2D eigenvalue weighted by atomic mass is 16.2. The van der Waals surface area contributed by atoms with Crippen LogP contribution in [-0.4, -0.2) is 40.8 Å². The summed E-state index contributed by atoms with van der Waals surface area (Å²) >= 11 is 0. The summed E-state index contributed by atoms with van der Waals surface area (Å²) in [4.78, 5) is 31.8. The van der Waals surface area contributed by atoms with Crippen LogP contribution in [0.15, 0.2) is 84.9 Å². The van der Waals surface area contributed by atoms with Crippen LogP contribution in [0.3, 0.4) is 0 Å². The Hall–Kier alpha value is -4.23. The molecule has 0 atom stereocenters. The molecule has 7 heteroatoms. The predicted molar refractivity (Wildman–Crippen MR) is 142 cm³/mol. The van der Waals surface area contributed by atoms with E-state index in [0.29, 0.717) is 22.6 Å². The highest BCUT2D eigenvalue weighted by molar-refractivity contribution is 6.02. The maximum atomic E-state index is 12.8. The molecule has 3 aromatic carbocycles. The molecule has 2 heterocycles. The first kappa shape index (κ1) is 23.5. The third-order valence-corrected chi connectivity index (χ3v) is 6.57. The van der Waals surface area contributed by atoms with E-state index in [9.17, 15) is 9.59 Å². The zero-order chi connectivity index (χ0) is 24.9. The van der Waals surface area contributed by atoms with Gasteiger partial charge in [-0.15, -0.1) is 0 Å². The number of hydrogen-bond acceptors (Lipinski definition) is 5. The van der Waals surface area contributed by atoms with Crippen LogP contribution >= 0.6 is 0 Å². The topological polar surface area (TPSA) is 100 Å². The van der Waals surface area contributed by atoms with Gasteiger partial charge in [-0.2, -0.15) is 0 Å². The molecule has 36 heavy (non-hydrogen) atoms. The number of primary amides is 1. The van der Waals surface area contributed by atoms with Gasteiger partial charge in [-0.1, -0.05) is 48.5 Å². The normalized spacial score (nSPS) is 14.4. The second-order valence-electron chi connectivity index (χ2n) is 9.15. The van der Waals surface area contributed by atoms with Crippen LogP contribution in [0.5, 0.6) is 0 Å². The van der Waals surface area contributed by atoms with E-state index in [1.54, 1.807) is 30.3 Å². The minimum atomic E-state index is -0.554. The molecule has 1 aliphatic heterocycles. The van der Waals surface area contributed by atoms with Gasteiger partial charge in [0.05, 0.1) is 11.1 Å². The Balaban J connectivity index is 1.19. The fraction of sp³-hybridized carbons (Fsp3) is 0.207. The average Bonchev–Trinajstić information content (AvgIpc) is 2.90. The van der Waals surface area contributed by atoms with Crippen molar-refractivity contribution in [3.8, 4) is 0 Å². The lowest BCUT2D eigenvalue weighted by Gasteiger charge is -2.32. The lowest BCUT2D eigenvalue weighted by molar-refractivity contribution is 0.0908. The van der Waals surface area contributed by atoms with Crippen molar-refractivity contribution >= 4 is 34.2 Å². The van der Waals surface area contributed by atoms with E-state index in [-0.39, 0.29) is 11.9 Å². The number of amides is 2. The quantitative estimate of drug-likeness (QED) is 0.363. The molecular weight excluding hydrogens is 450 g/mol.